The van der Waals surface area contributed by atoms with Gasteiger partial charge in [0.2, 0.25) is 0 Å². The largest absolute Gasteiger partial charge is 0.296 e. The van der Waals surface area contributed by atoms with Crippen LogP contribution in [0.15, 0.2) is 0 Å². The van der Waals surface area contributed by atoms with Gasteiger partial charge in [-0.25, -0.2) is 0 Å². The molecule has 2 saturated heterocycles. The van der Waals surface area contributed by atoms with Gasteiger partial charge in [0.15, 0.2) is 0 Å². The Hall–Kier alpha value is -0.0800. The van der Waals surface area contributed by atoms with Crippen molar-refractivity contribution in [2.45, 2.75) is 44.9 Å². The Balaban J connectivity index is 2.13. The number of rotatable bonds is 1. The minimum Gasteiger partial charge on any atom is -0.296 e. The number of hydrogen-bond acceptors (Lipinski definition) is 2. The predicted octanol–water partition coefficient (Wildman–Crippen LogP) is 0.788. The molecule has 0 spiro atoms. The lowest BCUT2D eigenvalue weighted by Crippen LogP contribution is -2.44. The lowest BCUT2D eigenvalue weighted by molar-refractivity contribution is 0.260. The van der Waals surface area contributed by atoms with Gasteiger partial charge in [0, 0.05) is 18.1 Å². The van der Waals surface area contributed by atoms with Crippen LogP contribution in [0, 0.1) is 0 Å². The Morgan fingerprint density at radius 1 is 1.60 bits per heavy atom. The van der Waals surface area contributed by atoms with Gasteiger partial charge < -0.3 is 0 Å². The average Bonchev–Trinajstić information content (AvgIpc) is 2.57. The molecule has 0 aliphatic carbocycles. The zero-order chi connectivity index (χ0) is 7.35. The van der Waals surface area contributed by atoms with Gasteiger partial charge in [-0.15, -0.1) is 0 Å². The molecule has 3 atom stereocenters. The summed E-state index contributed by atoms with van der Waals surface area (Å²) in [5.74, 6) is 0. The number of nitrogens with one attached hydrogen (secondary N) is 1. The topological polar surface area (TPSA) is 15.0 Å². The van der Waals surface area contributed by atoms with E-state index in [1.54, 1.807) is 0 Å². The molecule has 2 heteroatoms. The minimum atomic E-state index is 0.416. The molecular weight excluding hydrogens is 124 g/mol. The lowest BCUT2D eigenvalue weighted by Gasteiger charge is -2.29. The maximum atomic E-state index is 3.59. The Kier molecular flexibility index (Phi) is 1.15. The minimum absolute atomic E-state index is 0.416. The first kappa shape index (κ1) is 6.62. The Morgan fingerprint density at radius 3 is 2.60 bits per heavy atom. The molecule has 0 aromatic rings. The molecule has 2 aliphatic heterocycles. The highest BCUT2D eigenvalue weighted by molar-refractivity contribution is 5.11. The third-order valence-electron chi connectivity index (χ3n) is 3.01. The van der Waals surface area contributed by atoms with Gasteiger partial charge in [0.05, 0.1) is 6.17 Å². The zero-order valence-corrected chi connectivity index (χ0v) is 7.02. The summed E-state index contributed by atoms with van der Waals surface area (Å²) in [6.45, 7) is 8.19. The van der Waals surface area contributed by atoms with E-state index >= 15 is 0 Å². The van der Waals surface area contributed by atoms with E-state index in [1.807, 2.05) is 0 Å². The molecule has 2 nitrogen and oxygen atoms in total. The first-order valence-electron chi connectivity index (χ1n) is 4.19. The molecule has 0 saturated carbocycles. The molecule has 0 radical (unpaired) electrons. The van der Waals surface area contributed by atoms with Gasteiger partial charge >= 0.3 is 0 Å². The van der Waals surface area contributed by atoms with E-state index < -0.39 is 0 Å². The van der Waals surface area contributed by atoms with Crippen LogP contribution in [0.25, 0.3) is 0 Å². The standard InChI is InChI=1S/C8H16N2/c1-4-6-8(2,3)10-5-7(10)9-6/h6-7,9H,4-5H2,1-3H3. The highest BCUT2D eigenvalue weighted by Crippen LogP contribution is 2.38. The number of hydrogen-bond donors (Lipinski definition) is 1. The second kappa shape index (κ2) is 1.74. The molecule has 0 bridgehead atoms. The van der Waals surface area contributed by atoms with Crippen LogP contribution in [0.5, 0.6) is 0 Å². The summed E-state index contributed by atoms with van der Waals surface area (Å²) >= 11 is 0. The van der Waals surface area contributed by atoms with E-state index in [0.29, 0.717) is 11.6 Å². The van der Waals surface area contributed by atoms with Crippen LogP contribution in [-0.4, -0.2) is 29.2 Å². The summed E-state index contributed by atoms with van der Waals surface area (Å²) in [6, 6.07) is 0.714. The molecule has 0 aromatic heterocycles. The fourth-order valence-corrected chi connectivity index (χ4v) is 2.17. The Labute approximate surface area is 62.6 Å². The van der Waals surface area contributed by atoms with Crippen LogP contribution in [0.3, 0.4) is 0 Å². The van der Waals surface area contributed by atoms with Crippen molar-refractivity contribution in [2.75, 3.05) is 6.54 Å². The summed E-state index contributed by atoms with van der Waals surface area (Å²) in [5, 5.41) is 3.59. The number of nitrogens with zero attached hydrogens (tertiary/aromatic N) is 1. The summed E-state index contributed by atoms with van der Waals surface area (Å²) in [4.78, 5) is 2.53. The second-order valence-electron chi connectivity index (χ2n) is 3.95. The second-order valence-corrected chi connectivity index (χ2v) is 3.95. The van der Waals surface area contributed by atoms with Gasteiger partial charge in [0.25, 0.3) is 0 Å². The van der Waals surface area contributed by atoms with Gasteiger partial charge in [-0.05, 0) is 20.3 Å². The molecule has 2 fully saturated rings. The number of piperazine rings is 1. The third kappa shape index (κ3) is 0.663. The highest BCUT2D eigenvalue weighted by Gasteiger charge is 2.55. The normalized spacial score (nSPS) is 48.9. The molecule has 0 aromatic carbocycles. The first-order chi connectivity index (χ1) is 4.66. The van der Waals surface area contributed by atoms with Crippen molar-refractivity contribution < 1.29 is 0 Å². The maximum Gasteiger partial charge on any atom is 0.0737 e. The molecule has 3 unspecified atom stereocenters. The smallest absolute Gasteiger partial charge is 0.0737 e. The zero-order valence-electron chi connectivity index (χ0n) is 7.02. The van der Waals surface area contributed by atoms with Crippen LogP contribution >= 0.6 is 0 Å². The van der Waals surface area contributed by atoms with Gasteiger partial charge in [0.1, 0.15) is 0 Å². The van der Waals surface area contributed by atoms with Gasteiger partial charge in [-0.1, -0.05) is 6.92 Å². The summed E-state index contributed by atoms with van der Waals surface area (Å²) in [5.41, 5.74) is 0.416. The van der Waals surface area contributed by atoms with E-state index in [1.165, 1.54) is 13.0 Å². The Bertz CT molecular complexity index is 153. The van der Waals surface area contributed by atoms with Crippen molar-refractivity contribution in [3.63, 3.8) is 0 Å². The molecule has 2 rings (SSSR count). The van der Waals surface area contributed by atoms with E-state index in [2.05, 4.69) is 31.0 Å². The van der Waals surface area contributed by atoms with Crippen molar-refractivity contribution in [3.05, 3.63) is 0 Å². The molecule has 0 amide bonds. The monoisotopic (exact) mass is 140 g/mol. The molecule has 10 heavy (non-hydrogen) atoms. The maximum absolute atomic E-state index is 3.59. The van der Waals surface area contributed by atoms with E-state index in [-0.39, 0.29) is 0 Å². The Morgan fingerprint density at radius 2 is 2.30 bits per heavy atom. The van der Waals surface area contributed by atoms with Crippen LogP contribution in [-0.2, 0) is 0 Å². The van der Waals surface area contributed by atoms with Crippen LogP contribution in [0.2, 0.25) is 0 Å². The lowest BCUT2D eigenvalue weighted by atomic mass is 9.94. The van der Waals surface area contributed by atoms with Crippen molar-refractivity contribution in [3.8, 4) is 0 Å². The highest BCUT2D eigenvalue weighted by atomic mass is 15.5. The van der Waals surface area contributed by atoms with Crippen molar-refractivity contribution in [2.24, 2.45) is 0 Å². The SMILES string of the molecule is CCC1NC2CN2C1(C)C. The first-order valence-corrected chi connectivity index (χ1v) is 4.19. The van der Waals surface area contributed by atoms with E-state index in [4.69, 9.17) is 0 Å². The number of fused-ring (bicyclic) bond motifs is 1. The van der Waals surface area contributed by atoms with Crippen LogP contribution in [0.1, 0.15) is 27.2 Å². The molecule has 58 valence electrons. The quantitative estimate of drug-likeness (QED) is 0.542. The molecule has 2 aliphatic rings. The fourth-order valence-electron chi connectivity index (χ4n) is 2.17. The summed E-state index contributed by atoms with van der Waals surface area (Å²) in [7, 11) is 0. The molecular formula is C8H16N2. The van der Waals surface area contributed by atoms with Crippen molar-refractivity contribution in [1.29, 1.82) is 0 Å². The fraction of sp³-hybridized carbons (Fsp3) is 1.00. The summed E-state index contributed by atoms with van der Waals surface area (Å²) < 4.78 is 0. The van der Waals surface area contributed by atoms with Gasteiger partial charge in [-0.3, -0.25) is 10.2 Å². The molecule has 2 heterocycles. The van der Waals surface area contributed by atoms with Crippen LogP contribution in [0.4, 0.5) is 0 Å². The van der Waals surface area contributed by atoms with Crippen molar-refractivity contribution in [1.82, 2.24) is 10.2 Å². The summed E-state index contributed by atoms with van der Waals surface area (Å²) in [6.07, 6.45) is 1.97. The molecule has 1 N–H and O–H groups in total. The third-order valence-corrected chi connectivity index (χ3v) is 3.01. The van der Waals surface area contributed by atoms with Gasteiger partial charge in [-0.2, -0.15) is 0 Å². The average molecular weight is 140 g/mol. The van der Waals surface area contributed by atoms with E-state index in [9.17, 15) is 0 Å². The predicted molar refractivity (Wildman–Crippen MR) is 41.8 cm³/mol. The van der Waals surface area contributed by atoms with E-state index in [0.717, 1.165) is 6.17 Å². The van der Waals surface area contributed by atoms with Crippen molar-refractivity contribution >= 4 is 0 Å². The van der Waals surface area contributed by atoms with Crippen LogP contribution < -0.4 is 5.32 Å².